The van der Waals surface area contributed by atoms with Gasteiger partial charge in [0.15, 0.2) is 0 Å². The van der Waals surface area contributed by atoms with Gasteiger partial charge in [0.05, 0.1) is 5.56 Å². The summed E-state index contributed by atoms with van der Waals surface area (Å²) < 4.78 is 5.96. The fourth-order valence-corrected chi connectivity index (χ4v) is 5.24. The van der Waals surface area contributed by atoms with Crippen molar-refractivity contribution < 1.29 is 14.3 Å². The van der Waals surface area contributed by atoms with Gasteiger partial charge in [0.2, 0.25) is 0 Å². The van der Waals surface area contributed by atoms with E-state index in [9.17, 15) is 9.90 Å². The van der Waals surface area contributed by atoms with Crippen molar-refractivity contribution in [2.45, 2.75) is 90.3 Å². The lowest BCUT2D eigenvalue weighted by Gasteiger charge is -2.35. The van der Waals surface area contributed by atoms with Gasteiger partial charge in [-0.25, -0.2) is 0 Å². The number of likely N-dealkylation sites (tertiary alicyclic amines) is 1. The molecule has 1 aromatic heterocycles. The zero-order valence-corrected chi connectivity index (χ0v) is 17.8. The van der Waals surface area contributed by atoms with E-state index in [0.29, 0.717) is 29.5 Å². The van der Waals surface area contributed by atoms with E-state index in [1.165, 1.54) is 38.5 Å². The first kappa shape index (κ1) is 20.3. The van der Waals surface area contributed by atoms with Gasteiger partial charge in [-0.3, -0.25) is 9.69 Å². The molecule has 4 rings (SSSR count). The Morgan fingerprint density at radius 1 is 1.17 bits per heavy atom. The van der Waals surface area contributed by atoms with Crippen molar-refractivity contribution in [1.82, 2.24) is 10.2 Å². The van der Waals surface area contributed by atoms with Gasteiger partial charge in [-0.1, -0.05) is 32.6 Å². The Morgan fingerprint density at radius 3 is 2.69 bits per heavy atom. The molecule has 0 bridgehead atoms. The molecule has 5 heteroatoms. The van der Waals surface area contributed by atoms with Crippen LogP contribution in [-0.4, -0.2) is 34.5 Å². The number of nitrogens with one attached hydrogen (secondary N) is 1. The zero-order valence-electron chi connectivity index (χ0n) is 17.8. The summed E-state index contributed by atoms with van der Waals surface area (Å²) >= 11 is 0. The molecule has 0 radical (unpaired) electrons. The summed E-state index contributed by atoms with van der Waals surface area (Å²) in [7, 11) is 0. The molecular weight excluding hydrogens is 364 g/mol. The highest BCUT2D eigenvalue weighted by atomic mass is 16.3. The van der Waals surface area contributed by atoms with E-state index in [4.69, 9.17) is 4.42 Å². The quantitative estimate of drug-likeness (QED) is 0.720. The van der Waals surface area contributed by atoms with Gasteiger partial charge in [-0.2, -0.15) is 0 Å². The number of fused-ring (bicyclic) bond motifs is 1. The van der Waals surface area contributed by atoms with Crippen LogP contribution in [0.1, 0.15) is 86.4 Å². The second-order valence-corrected chi connectivity index (χ2v) is 8.81. The van der Waals surface area contributed by atoms with Crippen molar-refractivity contribution in [2.75, 3.05) is 6.54 Å². The van der Waals surface area contributed by atoms with Crippen molar-refractivity contribution in [2.24, 2.45) is 0 Å². The van der Waals surface area contributed by atoms with Crippen LogP contribution >= 0.6 is 0 Å². The van der Waals surface area contributed by atoms with Crippen LogP contribution in [0.4, 0.5) is 0 Å². The predicted molar refractivity (Wildman–Crippen MR) is 115 cm³/mol. The number of carbonyl (C=O) groups excluding carboxylic acids is 1. The summed E-state index contributed by atoms with van der Waals surface area (Å²) in [5.74, 6) is 0.821. The van der Waals surface area contributed by atoms with Crippen LogP contribution in [0.5, 0.6) is 5.75 Å². The minimum absolute atomic E-state index is 0.0642. The van der Waals surface area contributed by atoms with Crippen molar-refractivity contribution in [3.63, 3.8) is 0 Å². The molecule has 1 saturated carbocycles. The number of phenols is 1. The standard InChI is InChI=1S/C24H34N2O3/c1-3-18-11-7-8-14-26(18)15-19-20(27)12-13-21-23(19)22(16(2)29-21)24(28)25-17-9-5-4-6-10-17/h12-13,17-18,27H,3-11,14-15H2,1-2H3,(H,25,28)/t18-/m1/s1. The molecule has 5 nitrogen and oxygen atoms in total. The van der Waals surface area contributed by atoms with Crippen LogP contribution in [0.15, 0.2) is 16.5 Å². The molecule has 1 atom stereocenters. The second kappa shape index (κ2) is 8.78. The third-order valence-electron chi connectivity index (χ3n) is 6.86. The first-order valence-electron chi connectivity index (χ1n) is 11.4. The number of piperidine rings is 1. The molecule has 2 fully saturated rings. The van der Waals surface area contributed by atoms with Crippen LogP contribution in [0.25, 0.3) is 11.0 Å². The average Bonchev–Trinajstić information content (AvgIpc) is 3.07. The number of nitrogens with zero attached hydrogens (tertiary/aromatic N) is 1. The molecule has 2 N–H and O–H groups in total. The van der Waals surface area contributed by atoms with Crippen LogP contribution in [0.3, 0.4) is 0 Å². The molecule has 2 aliphatic rings. The molecule has 2 heterocycles. The van der Waals surface area contributed by atoms with Gasteiger partial charge in [0, 0.05) is 29.6 Å². The maximum absolute atomic E-state index is 13.2. The maximum Gasteiger partial charge on any atom is 0.255 e. The van der Waals surface area contributed by atoms with Gasteiger partial charge in [0.25, 0.3) is 5.91 Å². The molecule has 2 aromatic rings. The number of rotatable bonds is 5. The summed E-state index contributed by atoms with van der Waals surface area (Å²) in [6, 6.07) is 4.26. The highest BCUT2D eigenvalue weighted by molar-refractivity contribution is 6.09. The normalized spacial score (nSPS) is 21.5. The topological polar surface area (TPSA) is 65.7 Å². The first-order chi connectivity index (χ1) is 14.1. The van der Waals surface area contributed by atoms with Gasteiger partial charge < -0.3 is 14.8 Å². The van der Waals surface area contributed by atoms with E-state index in [0.717, 1.165) is 36.8 Å². The fraction of sp³-hybridized carbons (Fsp3) is 0.625. The molecule has 1 aliphatic heterocycles. The molecule has 29 heavy (non-hydrogen) atoms. The number of phenolic OH excluding ortho intramolecular Hbond substituents is 1. The number of amides is 1. The van der Waals surface area contributed by atoms with E-state index < -0.39 is 0 Å². The third kappa shape index (κ3) is 4.16. The number of aryl methyl sites for hydroxylation is 1. The van der Waals surface area contributed by atoms with Crippen LogP contribution < -0.4 is 5.32 Å². The Bertz CT molecular complexity index is 867. The number of aromatic hydroxyl groups is 1. The molecular formula is C24H34N2O3. The molecule has 1 aromatic carbocycles. The van der Waals surface area contributed by atoms with Crippen molar-refractivity contribution in [3.8, 4) is 5.75 Å². The summed E-state index contributed by atoms with van der Waals surface area (Å²) in [6.45, 7) is 5.78. The minimum atomic E-state index is -0.0642. The second-order valence-electron chi connectivity index (χ2n) is 8.81. The smallest absolute Gasteiger partial charge is 0.255 e. The molecule has 1 saturated heterocycles. The summed E-state index contributed by atoms with van der Waals surface area (Å²) in [5, 5.41) is 14.8. The van der Waals surface area contributed by atoms with Crippen molar-refractivity contribution in [1.29, 1.82) is 0 Å². The molecule has 1 amide bonds. The minimum Gasteiger partial charge on any atom is -0.508 e. The van der Waals surface area contributed by atoms with Gasteiger partial charge in [-0.15, -0.1) is 0 Å². The molecule has 158 valence electrons. The Labute approximate surface area is 173 Å². The number of hydrogen-bond acceptors (Lipinski definition) is 4. The third-order valence-corrected chi connectivity index (χ3v) is 6.86. The number of furan rings is 1. The monoisotopic (exact) mass is 398 g/mol. The summed E-state index contributed by atoms with van der Waals surface area (Å²) in [5.41, 5.74) is 2.11. The first-order valence-corrected chi connectivity index (χ1v) is 11.4. The van der Waals surface area contributed by atoms with Crippen LogP contribution in [-0.2, 0) is 6.54 Å². The molecule has 1 aliphatic carbocycles. The summed E-state index contributed by atoms with van der Waals surface area (Å²) in [4.78, 5) is 15.7. The fourth-order valence-electron chi connectivity index (χ4n) is 5.24. The number of carbonyl (C=O) groups is 1. The zero-order chi connectivity index (χ0) is 20.4. The van der Waals surface area contributed by atoms with Crippen LogP contribution in [0, 0.1) is 6.92 Å². The summed E-state index contributed by atoms with van der Waals surface area (Å²) in [6.07, 6.45) is 10.5. The Balaban J connectivity index is 1.68. The van der Waals surface area contributed by atoms with E-state index in [1.54, 1.807) is 12.1 Å². The average molecular weight is 399 g/mol. The van der Waals surface area contributed by atoms with Gasteiger partial charge in [0.1, 0.15) is 17.1 Å². The Kier molecular flexibility index (Phi) is 6.14. The lowest BCUT2D eigenvalue weighted by Crippen LogP contribution is -2.38. The Morgan fingerprint density at radius 2 is 1.93 bits per heavy atom. The van der Waals surface area contributed by atoms with E-state index in [-0.39, 0.29) is 17.7 Å². The van der Waals surface area contributed by atoms with Gasteiger partial charge in [-0.05, 0) is 57.7 Å². The van der Waals surface area contributed by atoms with E-state index in [1.807, 2.05) is 6.92 Å². The molecule has 0 unspecified atom stereocenters. The predicted octanol–water partition coefficient (Wildman–Crippen LogP) is 5.27. The highest BCUT2D eigenvalue weighted by Gasteiger charge is 2.28. The van der Waals surface area contributed by atoms with Crippen molar-refractivity contribution >= 4 is 16.9 Å². The largest absolute Gasteiger partial charge is 0.508 e. The van der Waals surface area contributed by atoms with Gasteiger partial charge >= 0.3 is 0 Å². The maximum atomic E-state index is 13.2. The van der Waals surface area contributed by atoms with Crippen LogP contribution in [0.2, 0.25) is 0 Å². The lowest BCUT2D eigenvalue weighted by atomic mass is 9.94. The van der Waals surface area contributed by atoms with E-state index in [2.05, 4.69) is 17.1 Å². The lowest BCUT2D eigenvalue weighted by molar-refractivity contribution is 0.0927. The Hall–Kier alpha value is -2.01. The number of benzene rings is 1. The highest BCUT2D eigenvalue weighted by Crippen LogP contribution is 2.36. The molecule has 0 spiro atoms. The van der Waals surface area contributed by atoms with Crippen molar-refractivity contribution in [3.05, 3.63) is 29.0 Å². The number of hydrogen-bond donors (Lipinski definition) is 2. The SMILES string of the molecule is CC[C@@H]1CCCCN1Cc1c(O)ccc2oc(C)c(C(=O)NC3CCCCC3)c12. The van der Waals surface area contributed by atoms with E-state index >= 15 is 0 Å².